The van der Waals surface area contributed by atoms with Crippen LogP contribution in [-0.4, -0.2) is 29.7 Å². The van der Waals surface area contributed by atoms with Gasteiger partial charge in [-0.1, -0.05) is 6.07 Å². The third-order valence-electron chi connectivity index (χ3n) is 3.30. The summed E-state index contributed by atoms with van der Waals surface area (Å²) in [5.74, 6) is -0.145. The SMILES string of the molecule is O=C1CCN(C(=O)c2cc3ccc(F)cc3s2)CC1. The Morgan fingerprint density at radius 1 is 1.21 bits per heavy atom. The normalized spacial score (nSPS) is 16.1. The number of benzene rings is 1. The van der Waals surface area contributed by atoms with E-state index in [9.17, 15) is 14.0 Å². The molecule has 0 aliphatic carbocycles. The van der Waals surface area contributed by atoms with Crippen molar-refractivity contribution < 1.29 is 14.0 Å². The van der Waals surface area contributed by atoms with E-state index in [0.29, 0.717) is 30.8 Å². The second-order valence-electron chi connectivity index (χ2n) is 4.62. The summed E-state index contributed by atoms with van der Waals surface area (Å²) in [5.41, 5.74) is 0. The first-order valence-corrected chi connectivity index (χ1v) is 6.95. The van der Waals surface area contributed by atoms with Gasteiger partial charge in [0.2, 0.25) is 0 Å². The summed E-state index contributed by atoms with van der Waals surface area (Å²) in [5, 5.41) is 0.878. The quantitative estimate of drug-likeness (QED) is 0.803. The third kappa shape index (κ3) is 2.38. The van der Waals surface area contributed by atoms with Gasteiger partial charge in [-0.15, -0.1) is 11.3 Å². The molecular weight excluding hydrogens is 265 g/mol. The van der Waals surface area contributed by atoms with E-state index >= 15 is 0 Å². The molecule has 1 aromatic carbocycles. The number of likely N-dealkylation sites (tertiary alicyclic amines) is 1. The van der Waals surface area contributed by atoms with Crippen LogP contribution in [0.15, 0.2) is 24.3 Å². The average molecular weight is 277 g/mol. The highest BCUT2D eigenvalue weighted by molar-refractivity contribution is 7.20. The fourth-order valence-electron chi connectivity index (χ4n) is 2.23. The number of carbonyl (C=O) groups is 2. The van der Waals surface area contributed by atoms with Gasteiger partial charge in [-0.2, -0.15) is 0 Å². The minimum atomic E-state index is -0.295. The zero-order chi connectivity index (χ0) is 13.4. The van der Waals surface area contributed by atoms with Gasteiger partial charge >= 0.3 is 0 Å². The maximum atomic E-state index is 13.1. The highest BCUT2D eigenvalue weighted by atomic mass is 32.1. The number of Topliss-reactive ketones (excluding diaryl/α,β-unsaturated/α-hetero) is 1. The summed E-state index contributed by atoms with van der Waals surface area (Å²) < 4.78 is 13.9. The molecule has 1 aliphatic rings. The molecule has 1 saturated heterocycles. The number of halogens is 1. The summed E-state index contributed by atoms with van der Waals surface area (Å²) >= 11 is 1.30. The summed E-state index contributed by atoms with van der Waals surface area (Å²) in [6.07, 6.45) is 0.872. The van der Waals surface area contributed by atoms with Gasteiger partial charge in [0.15, 0.2) is 0 Å². The van der Waals surface area contributed by atoms with Gasteiger partial charge in [-0.3, -0.25) is 9.59 Å². The molecule has 2 aromatic rings. The summed E-state index contributed by atoms with van der Waals surface area (Å²) in [7, 11) is 0. The van der Waals surface area contributed by atoms with Crippen LogP contribution in [0.25, 0.3) is 10.1 Å². The molecule has 0 bridgehead atoms. The number of rotatable bonds is 1. The van der Waals surface area contributed by atoms with Gasteiger partial charge in [0.25, 0.3) is 5.91 Å². The van der Waals surface area contributed by atoms with Crippen molar-refractivity contribution in [1.29, 1.82) is 0 Å². The first-order chi connectivity index (χ1) is 9.13. The maximum Gasteiger partial charge on any atom is 0.263 e. The van der Waals surface area contributed by atoms with Crippen molar-refractivity contribution in [3.63, 3.8) is 0 Å². The van der Waals surface area contributed by atoms with Gasteiger partial charge < -0.3 is 4.90 Å². The minimum Gasteiger partial charge on any atom is -0.337 e. The molecule has 3 rings (SSSR count). The Morgan fingerprint density at radius 3 is 2.68 bits per heavy atom. The smallest absolute Gasteiger partial charge is 0.263 e. The van der Waals surface area contributed by atoms with E-state index in [1.807, 2.05) is 0 Å². The zero-order valence-electron chi connectivity index (χ0n) is 10.2. The van der Waals surface area contributed by atoms with Crippen molar-refractivity contribution in [2.24, 2.45) is 0 Å². The number of ketones is 1. The Kier molecular flexibility index (Phi) is 3.06. The van der Waals surface area contributed by atoms with E-state index in [-0.39, 0.29) is 17.5 Å². The van der Waals surface area contributed by atoms with Crippen LogP contribution in [0.4, 0.5) is 4.39 Å². The fourth-order valence-corrected chi connectivity index (χ4v) is 3.28. The van der Waals surface area contributed by atoms with Crippen molar-refractivity contribution in [3.05, 3.63) is 35.0 Å². The molecule has 1 fully saturated rings. The van der Waals surface area contributed by atoms with E-state index < -0.39 is 0 Å². The van der Waals surface area contributed by atoms with Crippen LogP contribution < -0.4 is 0 Å². The van der Waals surface area contributed by atoms with Crippen LogP contribution in [0.5, 0.6) is 0 Å². The minimum absolute atomic E-state index is 0.0610. The van der Waals surface area contributed by atoms with Crippen molar-refractivity contribution in [2.75, 3.05) is 13.1 Å². The molecule has 0 radical (unpaired) electrons. The van der Waals surface area contributed by atoms with Gasteiger partial charge in [-0.05, 0) is 23.6 Å². The summed E-state index contributed by atoms with van der Waals surface area (Å²) in [4.78, 5) is 25.8. The zero-order valence-corrected chi connectivity index (χ0v) is 11.0. The second kappa shape index (κ2) is 4.74. The van der Waals surface area contributed by atoms with Crippen molar-refractivity contribution >= 4 is 33.1 Å². The van der Waals surface area contributed by atoms with Gasteiger partial charge in [0.05, 0.1) is 4.88 Å². The van der Waals surface area contributed by atoms with Crippen LogP contribution in [-0.2, 0) is 4.79 Å². The molecule has 2 heterocycles. The Bertz CT molecular complexity index is 655. The number of amides is 1. The second-order valence-corrected chi connectivity index (χ2v) is 5.71. The van der Waals surface area contributed by atoms with E-state index in [1.165, 1.54) is 23.5 Å². The Morgan fingerprint density at radius 2 is 1.95 bits per heavy atom. The first kappa shape index (κ1) is 12.3. The third-order valence-corrected chi connectivity index (χ3v) is 4.39. The molecule has 0 N–H and O–H groups in total. The van der Waals surface area contributed by atoms with Crippen molar-refractivity contribution in [2.45, 2.75) is 12.8 Å². The van der Waals surface area contributed by atoms with Crippen molar-refractivity contribution in [3.8, 4) is 0 Å². The average Bonchev–Trinajstić information content (AvgIpc) is 2.81. The summed E-state index contributed by atoms with van der Waals surface area (Å²) in [6, 6.07) is 6.30. The number of hydrogen-bond acceptors (Lipinski definition) is 3. The highest BCUT2D eigenvalue weighted by Crippen LogP contribution is 2.27. The number of fused-ring (bicyclic) bond motifs is 1. The molecule has 0 atom stereocenters. The lowest BCUT2D eigenvalue weighted by Gasteiger charge is -2.25. The van der Waals surface area contributed by atoms with Crippen LogP contribution >= 0.6 is 11.3 Å². The lowest BCUT2D eigenvalue weighted by atomic mass is 10.1. The topological polar surface area (TPSA) is 37.4 Å². The standard InChI is InChI=1S/C14H12FNO2S/c15-10-2-1-9-7-13(19-12(9)8-10)14(18)16-5-3-11(17)4-6-16/h1-2,7-8H,3-6H2. The lowest BCUT2D eigenvalue weighted by Crippen LogP contribution is -2.38. The molecular formula is C14H12FNO2S. The molecule has 0 unspecified atom stereocenters. The summed E-state index contributed by atoms with van der Waals surface area (Å²) in [6.45, 7) is 0.973. The van der Waals surface area contributed by atoms with Gasteiger partial charge in [-0.25, -0.2) is 4.39 Å². The fraction of sp³-hybridized carbons (Fsp3) is 0.286. The predicted molar refractivity (Wildman–Crippen MR) is 71.9 cm³/mol. The van der Waals surface area contributed by atoms with Crippen LogP contribution in [0, 0.1) is 5.82 Å². The first-order valence-electron chi connectivity index (χ1n) is 6.13. The molecule has 98 valence electrons. The van der Waals surface area contributed by atoms with E-state index in [2.05, 4.69) is 0 Å². The molecule has 3 nitrogen and oxygen atoms in total. The number of thiophene rings is 1. The molecule has 1 aliphatic heterocycles. The number of piperidine rings is 1. The predicted octanol–water partition coefficient (Wildman–Crippen LogP) is 2.85. The van der Waals surface area contributed by atoms with Gasteiger partial charge in [0.1, 0.15) is 11.6 Å². The molecule has 1 aromatic heterocycles. The van der Waals surface area contributed by atoms with E-state index in [0.717, 1.165) is 10.1 Å². The Labute approximate surface area is 113 Å². The van der Waals surface area contributed by atoms with Crippen LogP contribution in [0.3, 0.4) is 0 Å². The molecule has 0 spiro atoms. The Hall–Kier alpha value is -1.75. The Balaban J connectivity index is 1.87. The molecule has 5 heteroatoms. The monoisotopic (exact) mass is 277 g/mol. The van der Waals surface area contributed by atoms with E-state index in [1.54, 1.807) is 17.0 Å². The van der Waals surface area contributed by atoms with Crippen molar-refractivity contribution in [1.82, 2.24) is 4.90 Å². The highest BCUT2D eigenvalue weighted by Gasteiger charge is 2.23. The molecule has 19 heavy (non-hydrogen) atoms. The van der Waals surface area contributed by atoms with E-state index in [4.69, 9.17) is 0 Å². The van der Waals surface area contributed by atoms with Gasteiger partial charge in [0, 0.05) is 30.6 Å². The maximum absolute atomic E-state index is 13.1. The number of hydrogen-bond donors (Lipinski definition) is 0. The molecule has 1 amide bonds. The largest absolute Gasteiger partial charge is 0.337 e. The number of carbonyl (C=O) groups excluding carboxylic acids is 2. The molecule has 0 saturated carbocycles. The number of nitrogens with zero attached hydrogens (tertiary/aromatic N) is 1. The lowest BCUT2D eigenvalue weighted by molar-refractivity contribution is -0.120. The van der Waals surface area contributed by atoms with Crippen LogP contribution in [0.2, 0.25) is 0 Å². The van der Waals surface area contributed by atoms with Crippen LogP contribution in [0.1, 0.15) is 22.5 Å².